The van der Waals surface area contributed by atoms with Gasteiger partial charge in [0.25, 0.3) is 5.91 Å². The molecule has 0 aliphatic heterocycles. The number of nitrogens with two attached hydrogens (primary N) is 1. The predicted octanol–water partition coefficient (Wildman–Crippen LogP) is 5.69. The summed E-state index contributed by atoms with van der Waals surface area (Å²) in [6, 6.07) is 17.8. The molecule has 14 heteroatoms. The summed E-state index contributed by atoms with van der Waals surface area (Å²) in [6.45, 7) is 3.76. The second-order valence-corrected chi connectivity index (χ2v) is 15.5. The SMILES string of the molecule is CCOP(=O)(OCC)C(Nc1ccccc1)c1ccc(-c2cc(N(C)C)c3c(c2O)C(=O)C2=C(O)[C@]4(O)C(=O)C(C(N)=O)=C(O)C[C@@H]4C[C@@H]2C3)cc1. The summed E-state index contributed by atoms with van der Waals surface area (Å²) in [7, 11) is -0.157. The van der Waals surface area contributed by atoms with Crippen LogP contribution in [-0.2, 0) is 29.6 Å². The molecule has 3 aromatic rings. The lowest BCUT2D eigenvalue weighted by Gasteiger charge is -2.46. The van der Waals surface area contributed by atoms with Crippen LogP contribution in [0.15, 0.2) is 83.3 Å². The second-order valence-electron chi connectivity index (χ2n) is 13.4. The van der Waals surface area contributed by atoms with E-state index in [2.05, 4.69) is 5.32 Å². The molecule has 0 fully saturated rings. The molecule has 4 atom stereocenters. The highest BCUT2D eigenvalue weighted by atomic mass is 31.2. The molecule has 0 bridgehead atoms. The number of nitrogens with zero attached hydrogens (tertiary/aromatic N) is 1. The van der Waals surface area contributed by atoms with E-state index in [-0.39, 0.29) is 54.9 Å². The van der Waals surface area contributed by atoms with E-state index < -0.39 is 65.4 Å². The van der Waals surface area contributed by atoms with E-state index in [0.29, 0.717) is 28.1 Å². The van der Waals surface area contributed by atoms with Crippen LogP contribution in [0.5, 0.6) is 5.75 Å². The first-order valence-electron chi connectivity index (χ1n) is 17.0. The van der Waals surface area contributed by atoms with E-state index >= 15 is 0 Å². The molecule has 7 N–H and O–H groups in total. The fraction of sp³-hybridized carbons (Fsp3) is 0.342. The number of ketones is 2. The van der Waals surface area contributed by atoms with Crippen molar-refractivity contribution in [3.8, 4) is 16.9 Å². The predicted molar refractivity (Wildman–Crippen MR) is 194 cm³/mol. The van der Waals surface area contributed by atoms with Crippen LogP contribution in [0.2, 0.25) is 0 Å². The lowest BCUT2D eigenvalue weighted by molar-refractivity contribution is -0.144. The Bertz CT molecular complexity index is 2050. The lowest BCUT2D eigenvalue weighted by atomic mass is 9.60. The standard InChI is InChI=1S/C38H42N3O10P/c1-5-50-52(49,51-6-2)37(40-24-10-8-7-9-11-24)21-14-12-20(13-15-21)25-19-27(41(3)4)26-17-22-16-23-18-28(42)31(36(39)47)35(46)38(23,48)34(45)29(22)33(44)30(26)32(25)43/h7-15,19,22-23,37,40,42-43,45,48H,5-6,16-18H2,1-4H3,(H2,39,47)/t22-,23+,37?,38+/m1/s1. The van der Waals surface area contributed by atoms with Crippen molar-refractivity contribution < 1.29 is 48.4 Å². The Hall–Kier alpha value is -4.94. The van der Waals surface area contributed by atoms with E-state index in [4.69, 9.17) is 14.8 Å². The van der Waals surface area contributed by atoms with Gasteiger partial charge in [-0.3, -0.25) is 18.9 Å². The zero-order valence-corrected chi connectivity index (χ0v) is 30.1. The third-order valence-corrected chi connectivity index (χ3v) is 12.4. The Balaban J connectivity index is 1.44. The van der Waals surface area contributed by atoms with Gasteiger partial charge >= 0.3 is 7.60 Å². The minimum absolute atomic E-state index is 0.0330. The zero-order chi connectivity index (χ0) is 37.7. The van der Waals surface area contributed by atoms with E-state index in [0.717, 1.165) is 0 Å². The Kier molecular flexibility index (Phi) is 9.84. The third-order valence-electron chi connectivity index (χ3n) is 10.1. The highest BCUT2D eigenvalue weighted by molar-refractivity contribution is 7.54. The molecule has 3 aliphatic rings. The number of hydrogen-bond acceptors (Lipinski definition) is 12. The molecule has 3 aliphatic carbocycles. The third kappa shape index (κ3) is 5.97. The van der Waals surface area contributed by atoms with Crippen LogP contribution in [0.25, 0.3) is 11.1 Å². The van der Waals surface area contributed by atoms with Gasteiger partial charge < -0.3 is 45.4 Å². The summed E-state index contributed by atoms with van der Waals surface area (Å²) in [4.78, 5) is 41.5. The maximum atomic E-state index is 14.4. The van der Waals surface area contributed by atoms with Crippen molar-refractivity contribution in [2.75, 3.05) is 37.5 Å². The lowest BCUT2D eigenvalue weighted by Crippen LogP contribution is -2.57. The molecule has 0 heterocycles. The van der Waals surface area contributed by atoms with Crippen LogP contribution in [-0.4, -0.2) is 70.8 Å². The number of benzene rings is 3. The number of hydrogen-bond donors (Lipinski definition) is 6. The van der Waals surface area contributed by atoms with Gasteiger partial charge in [0.1, 0.15) is 22.8 Å². The summed E-state index contributed by atoms with van der Waals surface area (Å²) in [5.74, 6) is -7.75. The largest absolute Gasteiger partial charge is 0.511 e. The van der Waals surface area contributed by atoms with Crippen LogP contribution in [0.3, 0.4) is 0 Å². The summed E-state index contributed by atoms with van der Waals surface area (Å²) < 4.78 is 25.5. The summed E-state index contributed by atoms with van der Waals surface area (Å²) in [5.41, 5.74) is 4.72. The Morgan fingerprint density at radius 2 is 1.65 bits per heavy atom. The minimum atomic E-state index is -3.74. The van der Waals surface area contributed by atoms with Crippen molar-refractivity contribution in [2.45, 2.75) is 44.5 Å². The monoisotopic (exact) mass is 731 g/mol. The van der Waals surface area contributed by atoms with Crippen LogP contribution in [0.1, 0.15) is 54.0 Å². The molecule has 274 valence electrons. The minimum Gasteiger partial charge on any atom is -0.511 e. The van der Waals surface area contributed by atoms with E-state index in [1.807, 2.05) is 30.3 Å². The number of phenols is 1. The number of aromatic hydroxyl groups is 1. The van der Waals surface area contributed by atoms with Crippen LogP contribution >= 0.6 is 7.60 Å². The second kappa shape index (κ2) is 13.9. The fourth-order valence-electron chi connectivity index (χ4n) is 7.71. The van der Waals surface area contributed by atoms with Crippen LogP contribution in [0.4, 0.5) is 11.4 Å². The van der Waals surface area contributed by atoms with E-state index in [9.17, 15) is 39.4 Å². The number of phenolic OH excluding ortho intramolecular Hbond substituents is 1. The Morgan fingerprint density at radius 1 is 1.02 bits per heavy atom. The zero-order valence-electron chi connectivity index (χ0n) is 29.3. The van der Waals surface area contributed by atoms with Gasteiger partial charge in [-0.15, -0.1) is 0 Å². The van der Waals surface area contributed by atoms with Crippen molar-refractivity contribution in [1.29, 1.82) is 0 Å². The Morgan fingerprint density at radius 3 is 2.23 bits per heavy atom. The first-order chi connectivity index (χ1) is 24.7. The number of Topliss-reactive ketones (excluding diaryl/α,β-unsaturated/α-hetero) is 2. The van der Waals surface area contributed by atoms with E-state index in [1.54, 1.807) is 63.2 Å². The number of nitrogens with one attached hydrogen (secondary N) is 1. The van der Waals surface area contributed by atoms with Crippen LogP contribution in [0, 0.1) is 11.8 Å². The van der Waals surface area contributed by atoms with Crippen molar-refractivity contribution in [3.63, 3.8) is 0 Å². The number of rotatable bonds is 11. The average Bonchev–Trinajstić information content (AvgIpc) is 3.09. The number of fused-ring (bicyclic) bond motifs is 3. The molecule has 0 saturated carbocycles. The van der Waals surface area contributed by atoms with Crippen molar-refractivity contribution >= 4 is 36.4 Å². The van der Waals surface area contributed by atoms with Crippen molar-refractivity contribution in [3.05, 3.63) is 100 Å². The molecule has 52 heavy (non-hydrogen) atoms. The van der Waals surface area contributed by atoms with Gasteiger partial charge in [0, 0.05) is 48.9 Å². The number of aliphatic hydroxyl groups is 3. The fourth-order valence-corrected chi connectivity index (χ4v) is 9.65. The topological polar surface area (TPSA) is 209 Å². The highest BCUT2D eigenvalue weighted by Crippen LogP contribution is 2.61. The average molecular weight is 732 g/mol. The number of allylic oxidation sites excluding steroid dienone is 2. The number of para-hydroxylation sites is 1. The maximum absolute atomic E-state index is 14.4. The molecule has 3 aromatic carbocycles. The van der Waals surface area contributed by atoms with E-state index in [1.165, 1.54) is 0 Å². The maximum Gasteiger partial charge on any atom is 0.357 e. The molecular formula is C38H42N3O10P. The van der Waals surface area contributed by atoms with Gasteiger partial charge in [-0.1, -0.05) is 42.5 Å². The molecule has 0 spiro atoms. The smallest absolute Gasteiger partial charge is 0.357 e. The Labute approximate surface area is 300 Å². The number of amides is 1. The van der Waals surface area contributed by atoms with Gasteiger partial charge in [0.15, 0.2) is 17.2 Å². The van der Waals surface area contributed by atoms with Crippen LogP contribution < -0.4 is 16.0 Å². The number of aliphatic hydroxyl groups excluding tert-OH is 2. The summed E-state index contributed by atoms with van der Waals surface area (Å²) in [5, 5.41) is 48.7. The normalized spacial score (nSPS) is 22.0. The molecule has 13 nitrogen and oxygen atoms in total. The summed E-state index contributed by atoms with van der Waals surface area (Å²) >= 11 is 0. The van der Waals surface area contributed by atoms with Gasteiger partial charge in [0.2, 0.25) is 5.78 Å². The molecular weight excluding hydrogens is 689 g/mol. The number of carbonyl (C=O) groups excluding carboxylic acids is 3. The summed E-state index contributed by atoms with van der Waals surface area (Å²) in [6.07, 6.45) is -0.0978. The van der Waals surface area contributed by atoms with Gasteiger partial charge in [-0.25, -0.2) is 0 Å². The van der Waals surface area contributed by atoms with Gasteiger partial charge in [-0.2, -0.15) is 0 Å². The molecule has 6 rings (SSSR count). The molecule has 0 radical (unpaired) electrons. The highest BCUT2D eigenvalue weighted by Gasteiger charge is 2.59. The first-order valence-corrected chi connectivity index (χ1v) is 18.6. The number of carbonyl (C=O) groups is 3. The van der Waals surface area contributed by atoms with Gasteiger partial charge in [0.05, 0.1) is 18.8 Å². The first kappa shape index (κ1) is 36.8. The van der Waals surface area contributed by atoms with Crippen molar-refractivity contribution in [1.82, 2.24) is 0 Å². The number of primary amides is 1. The molecule has 0 aromatic heterocycles. The number of anilines is 2. The molecule has 1 amide bonds. The molecule has 0 saturated heterocycles. The quantitative estimate of drug-likeness (QED) is 0.104. The van der Waals surface area contributed by atoms with Crippen molar-refractivity contribution in [2.24, 2.45) is 17.6 Å². The molecule has 1 unspecified atom stereocenters. The van der Waals surface area contributed by atoms with Gasteiger partial charge in [-0.05, 0) is 67.5 Å².